The molecule has 0 bridgehead atoms. The van der Waals surface area contributed by atoms with Gasteiger partial charge in [0.05, 0.1) is 25.7 Å². The summed E-state index contributed by atoms with van der Waals surface area (Å²) in [6.45, 7) is 5.89. The average molecular weight is 366 g/mol. The van der Waals surface area contributed by atoms with Gasteiger partial charge in [0.1, 0.15) is 5.82 Å². The van der Waals surface area contributed by atoms with Crippen LogP contribution in [0.5, 0.6) is 0 Å². The summed E-state index contributed by atoms with van der Waals surface area (Å²) in [5.74, 6) is -1.21. The van der Waals surface area contributed by atoms with Gasteiger partial charge in [-0.2, -0.15) is 0 Å². The first kappa shape index (κ1) is 19.1. The van der Waals surface area contributed by atoms with E-state index in [2.05, 4.69) is 4.90 Å². The van der Waals surface area contributed by atoms with Gasteiger partial charge in [0, 0.05) is 45.4 Å². The highest BCUT2D eigenvalue weighted by Crippen LogP contribution is 2.28. The Morgan fingerprint density at radius 3 is 2.58 bits per heavy atom. The molecule has 7 heteroatoms. The highest BCUT2D eigenvalue weighted by molar-refractivity contribution is 5.79. The van der Waals surface area contributed by atoms with Crippen molar-refractivity contribution in [3.63, 3.8) is 0 Å². The van der Waals surface area contributed by atoms with E-state index in [-0.39, 0.29) is 17.6 Å². The number of benzene rings is 1. The third-order valence-electron chi connectivity index (χ3n) is 5.00. The van der Waals surface area contributed by atoms with Gasteiger partial charge in [-0.05, 0) is 25.1 Å². The molecular formula is C19H27FN2O4. The molecule has 144 valence electrons. The van der Waals surface area contributed by atoms with Crippen LogP contribution in [-0.2, 0) is 19.0 Å². The molecule has 0 spiro atoms. The van der Waals surface area contributed by atoms with Crippen molar-refractivity contribution >= 4 is 11.6 Å². The summed E-state index contributed by atoms with van der Waals surface area (Å²) in [6.07, 6.45) is 0.476. The first-order valence-electron chi connectivity index (χ1n) is 9.07. The van der Waals surface area contributed by atoms with Gasteiger partial charge in [0.25, 0.3) is 0 Å². The van der Waals surface area contributed by atoms with E-state index in [4.69, 9.17) is 14.2 Å². The largest absolute Gasteiger partial charge is 0.384 e. The molecule has 2 aliphatic heterocycles. The lowest BCUT2D eigenvalue weighted by Gasteiger charge is -2.38. The molecule has 0 aromatic heterocycles. The molecule has 2 fully saturated rings. The number of halogens is 1. The Hall–Kier alpha value is -1.70. The Bertz CT molecular complexity index is 613. The molecule has 2 saturated heterocycles. The Morgan fingerprint density at radius 1 is 1.27 bits per heavy atom. The van der Waals surface area contributed by atoms with E-state index in [1.54, 1.807) is 13.2 Å². The highest BCUT2D eigenvalue weighted by Gasteiger charge is 2.38. The number of carbonyl (C=O) groups excluding carboxylic acids is 1. The Labute approximate surface area is 153 Å². The normalized spacial score (nSPS) is 21.0. The summed E-state index contributed by atoms with van der Waals surface area (Å²) in [5, 5.41) is 0. The van der Waals surface area contributed by atoms with Crippen molar-refractivity contribution in [2.45, 2.75) is 19.1 Å². The predicted octanol–water partition coefficient (Wildman–Crippen LogP) is 1.89. The summed E-state index contributed by atoms with van der Waals surface area (Å²) < 4.78 is 30.0. The van der Waals surface area contributed by atoms with Crippen LogP contribution in [0.2, 0.25) is 0 Å². The van der Waals surface area contributed by atoms with Crippen molar-refractivity contribution in [2.75, 3.05) is 58.0 Å². The maximum atomic E-state index is 13.4. The number of hydrogen-bond acceptors (Lipinski definition) is 5. The fourth-order valence-corrected chi connectivity index (χ4v) is 3.66. The molecular weight excluding hydrogens is 339 g/mol. The molecule has 2 aliphatic rings. The van der Waals surface area contributed by atoms with Gasteiger partial charge in [-0.3, -0.25) is 4.79 Å². The smallest absolute Gasteiger partial charge is 0.228 e. The number of hydrogen-bond donors (Lipinski definition) is 0. The first-order chi connectivity index (χ1) is 12.5. The van der Waals surface area contributed by atoms with Crippen molar-refractivity contribution in [3.05, 3.63) is 30.1 Å². The lowest BCUT2D eigenvalue weighted by molar-refractivity contribution is -0.168. The summed E-state index contributed by atoms with van der Waals surface area (Å²) in [6, 6.07) is 6.57. The van der Waals surface area contributed by atoms with Gasteiger partial charge >= 0.3 is 0 Å². The zero-order valence-electron chi connectivity index (χ0n) is 15.4. The van der Waals surface area contributed by atoms with Crippen LogP contribution in [0.4, 0.5) is 10.1 Å². The molecule has 0 radical (unpaired) electrons. The van der Waals surface area contributed by atoms with Gasteiger partial charge in [0.15, 0.2) is 5.79 Å². The van der Waals surface area contributed by atoms with Crippen LogP contribution in [0.25, 0.3) is 0 Å². The molecule has 26 heavy (non-hydrogen) atoms. The van der Waals surface area contributed by atoms with E-state index in [0.717, 1.165) is 5.69 Å². The zero-order valence-corrected chi connectivity index (χ0v) is 15.4. The van der Waals surface area contributed by atoms with Crippen molar-refractivity contribution in [2.24, 2.45) is 5.92 Å². The molecule has 0 N–H and O–H groups in total. The number of piperazine rings is 1. The molecule has 1 aromatic rings. The second-order valence-corrected chi connectivity index (χ2v) is 6.98. The van der Waals surface area contributed by atoms with E-state index < -0.39 is 5.79 Å². The molecule has 0 aliphatic carbocycles. The summed E-state index contributed by atoms with van der Waals surface area (Å²) in [4.78, 5) is 16.9. The molecule has 1 amide bonds. The molecule has 1 aromatic carbocycles. The van der Waals surface area contributed by atoms with Crippen LogP contribution in [0.1, 0.15) is 13.3 Å². The lowest BCUT2D eigenvalue weighted by atomic mass is 9.98. The second-order valence-electron chi connectivity index (χ2n) is 6.98. The minimum atomic E-state index is -0.720. The van der Waals surface area contributed by atoms with E-state index in [1.165, 1.54) is 12.1 Å². The van der Waals surface area contributed by atoms with Crippen molar-refractivity contribution in [1.29, 1.82) is 0 Å². The van der Waals surface area contributed by atoms with Gasteiger partial charge in [-0.25, -0.2) is 4.39 Å². The Kier molecular flexibility index (Phi) is 6.11. The van der Waals surface area contributed by atoms with Crippen molar-refractivity contribution < 1.29 is 23.4 Å². The lowest BCUT2D eigenvalue weighted by Crippen LogP contribution is -2.51. The van der Waals surface area contributed by atoms with Gasteiger partial charge in [-0.15, -0.1) is 0 Å². The number of anilines is 1. The second kappa shape index (κ2) is 8.33. The third kappa shape index (κ3) is 4.52. The fourth-order valence-electron chi connectivity index (χ4n) is 3.66. The van der Waals surface area contributed by atoms with Crippen molar-refractivity contribution in [1.82, 2.24) is 4.90 Å². The molecule has 2 heterocycles. The minimum absolute atomic E-state index is 0.0612. The van der Waals surface area contributed by atoms with E-state index in [0.29, 0.717) is 52.4 Å². The molecule has 0 saturated carbocycles. The van der Waals surface area contributed by atoms with E-state index in [1.807, 2.05) is 17.9 Å². The summed E-state index contributed by atoms with van der Waals surface area (Å²) in [5.41, 5.74) is 0.853. The molecule has 3 rings (SSSR count). The van der Waals surface area contributed by atoms with Crippen LogP contribution >= 0.6 is 0 Å². The number of amides is 1. The summed E-state index contributed by atoms with van der Waals surface area (Å²) in [7, 11) is 1.60. The standard InChI is InChI=1S/C19H27FN2O4/c1-19(25-10-11-26-19)13-15(14-24-2)18(23)22-8-6-21(7-9-22)17-5-3-4-16(20)12-17/h3-5,12,15H,6-11,13-14H2,1-2H3. The highest BCUT2D eigenvalue weighted by atomic mass is 19.1. The Balaban J connectivity index is 1.58. The number of methoxy groups -OCH3 is 1. The SMILES string of the molecule is COCC(CC1(C)OCCO1)C(=O)N1CCN(c2cccc(F)c2)CC1. The minimum Gasteiger partial charge on any atom is -0.384 e. The number of carbonyl (C=O) groups is 1. The van der Waals surface area contributed by atoms with Crippen LogP contribution in [0.15, 0.2) is 24.3 Å². The van der Waals surface area contributed by atoms with Crippen LogP contribution < -0.4 is 4.90 Å². The van der Waals surface area contributed by atoms with Crippen LogP contribution in [0, 0.1) is 11.7 Å². The number of rotatable bonds is 6. The van der Waals surface area contributed by atoms with E-state index >= 15 is 0 Å². The number of nitrogens with zero attached hydrogens (tertiary/aromatic N) is 2. The average Bonchev–Trinajstić information content (AvgIpc) is 3.07. The predicted molar refractivity (Wildman–Crippen MR) is 95.5 cm³/mol. The quantitative estimate of drug-likeness (QED) is 0.770. The molecule has 1 atom stereocenters. The maximum absolute atomic E-state index is 13.4. The zero-order chi connectivity index (χ0) is 18.6. The van der Waals surface area contributed by atoms with Crippen LogP contribution in [0.3, 0.4) is 0 Å². The summed E-state index contributed by atoms with van der Waals surface area (Å²) >= 11 is 0. The monoisotopic (exact) mass is 366 g/mol. The first-order valence-corrected chi connectivity index (χ1v) is 9.07. The molecule has 1 unspecified atom stereocenters. The number of ether oxygens (including phenoxy) is 3. The topological polar surface area (TPSA) is 51.2 Å². The van der Waals surface area contributed by atoms with Crippen LogP contribution in [-0.4, -0.2) is 69.7 Å². The third-order valence-corrected chi connectivity index (χ3v) is 5.00. The Morgan fingerprint density at radius 2 is 1.96 bits per heavy atom. The van der Waals surface area contributed by atoms with Crippen molar-refractivity contribution in [3.8, 4) is 0 Å². The maximum Gasteiger partial charge on any atom is 0.228 e. The van der Waals surface area contributed by atoms with E-state index in [9.17, 15) is 9.18 Å². The fraction of sp³-hybridized carbons (Fsp3) is 0.632. The molecule has 6 nitrogen and oxygen atoms in total. The van der Waals surface area contributed by atoms with Gasteiger partial charge < -0.3 is 24.0 Å². The van der Waals surface area contributed by atoms with Gasteiger partial charge in [-0.1, -0.05) is 6.07 Å². The van der Waals surface area contributed by atoms with Gasteiger partial charge in [0.2, 0.25) is 5.91 Å².